The van der Waals surface area contributed by atoms with Crippen molar-refractivity contribution in [2.75, 3.05) is 11.5 Å². The van der Waals surface area contributed by atoms with Crippen LogP contribution in [0.5, 0.6) is 0 Å². The molecule has 1 atom stereocenters. The Morgan fingerprint density at radius 2 is 2.00 bits per heavy atom. The molecule has 0 saturated carbocycles. The molecule has 0 spiro atoms. The van der Waals surface area contributed by atoms with Gasteiger partial charge in [-0.2, -0.15) is 0 Å². The summed E-state index contributed by atoms with van der Waals surface area (Å²) in [4.78, 5) is 26.4. The predicted octanol–water partition coefficient (Wildman–Crippen LogP) is 0.0868. The molecule has 1 saturated heterocycles. The van der Waals surface area contributed by atoms with Gasteiger partial charge >= 0.3 is 5.97 Å². The molecule has 1 amide bonds. The van der Waals surface area contributed by atoms with E-state index in [0.29, 0.717) is 12.8 Å². The van der Waals surface area contributed by atoms with Crippen LogP contribution in [-0.4, -0.2) is 47.9 Å². The number of rotatable bonds is 3. The number of hydrogen-bond donors (Lipinski definition) is 2. The molecule has 1 aliphatic rings. The van der Waals surface area contributed by atoms with Crippen molar-refractivity contribution in [3.05, 3.63) is 29.6 Å². The van der Waals surface area contributed by atoms with Crippen LogP contribution in [0.25, 0.3) is 0 Å². The third-order valence-corrected chi connectivity index (χ3v) is 4.82. The first-order valence-electron chi connectivity index (χ1n) is 6.09. The van der Waals surface area contributed by atoms with E-state index in [2.05, 4.69) is 10.3 Å². The van der Waals surface area contributed by atoms with Gasteiger partial charge in [0.2, 0.25) is 0 Å². The van der Waals surface area contributed by atoms with Crippen molar-refractivity contribution < 1.29 is 23.1 Å². The fraction of sp³-hybridized carbons (Fsp3) is 0.417. The fourth-order valence-electron chi connectivity index (χ4n) is 2.08. The van der Waals surface area contributed by atoms with Crippen LogP contribution in [0.1, 0.15) is 33.8 Å². The molecule has 2 N–H and O–H groups in total. The largest absolute Gasteiger partial charge is 0.477 e. The van der Waals surface area contributed by atoms with E-state index in [1.54, 1.807) is 0 Å². The van der Waals surface area contributed by atoms with Gasteiger partial charge < -0.3 is 10.4 Å². The number of nitrogens with zero attached hydrogens (tertiary/aromatic N) is 1. The van der Waals surface area contributed by atoms with E-state index < -0.39 is 27.8 Å². The number of amides is 1. The molecule has 2 heterocycles. The average molecular weight is 298 g/mol. The van der Waals surface area contributed by atoms with Crippen LogP contribution >= 0.6 is 0 Å². The van der Waals surface area contributed by atoms with Crippen LogP contribution in [0.3, 0.4) is 0 Å². The Bertz CT molecular complexity index is 641. The monoisotopic (exact) mass is 298 g/mol. The molecule has 7 nitrogen and oxygen atoms in total. The quantitative estimate of drug-likeness (QED) is 0.817. The molecule has 1 aromatic heterocycles. The minimum absolute atomic E-state index is 0.0344. The zero-order chi connectivity index (χ0) is 14.8. The standard InChI is InChI=1S/C12H14N2O5S/c15-11(9-4-1-5-10(14-9)12(16)17)13-8-3-2-6-20(18,19)7-8/h1,4-5,8H,2-3,6-7H2,(H,13,15)(H,16,17). The van der Waals surface area contributed by atoms with Gasteiger partial charge in [-0.1, -0.05) is 6.07 Å². The zero-order valence-electron chi connectivity index (χ0n) is 10.6. The SMILES string of the molecule is O=C(O)c1cccc(C(=O)NC2CCCS(=O)(=O)C2)n1. The molecule has 1 aromatic rings. The number of carbonyl (C=O) groups is 2. The first-order valence-corrected chi connectivity index (χ1v) is 7.91. The van der Waals surface area contributed by atoms with Crippen molar-refractivity contribution in [2.45, 2.75) is 18.9 Å². The number of carboxylic acids is 1. The van der Waals surface area contributed by atoms with E-state index in [1.807, 2.05) is 0 Å². The number of carbonyl (C=O) groups excluding carboxylic acids is 1. The lowest BCUT2D eigenvalue weighted by atomic mass is 10.2. The maximum atomic E-state index is 11.9. The highest BCUT2D eigenvalue weighted by molar-refractivity contribution is 7.91. The number of nitrogens with one attached hydrogen (secondary N) is 1. The Labute approximate surface area is 115 Å². The van der Waals surface area contributed by atoms with Gasteiger partial charge in [-0.3, -0.25) is 4.79 Å². The second-order valence-corrected chi connectivity index (χ2v) is 6.87. The smallest absolute Gasteiger partial charge is 0.354 e. The summed E-state index contributed by atoms with van der Waals surface area (Å²) in [6.07, 6.45) is 1.10. The van der Waals surface area contributed by atoms with Crippen molar-refractivity contribution in [1.29, 1.82) is 0 Å². The third-order valence-electron chi connectivity index (χ3n) is 3.00. The second-order valence-electron chi connectivity index (χ2n) is 4.64. The molecule has 0 radical (unpaired) electrons. The van der Waals surface area contributed by atoms with Crippen LogP contribution < -0.4 is 5.32 Å². The van der Waals surface area contributed by atoms with Crippen molar-refractivity contribution >= 4 is 21.7 Å². The Kier molecular flexibility index (Phi) is 4.03. The Morgan fingerprint density at radius 1 is 1.30 bits per heavy atom. The van der Waals surface area contributed by atoms with Crippen LogP contribution in [0, 0.1) is 0 Å². The van der Waals surface area contributed by atoms with Gasteiger partial charge in [-0.25, -0.2) is 18.2 Å². The lowest BCUT2D eigenvalue weighted by Gasteiger charge is -2.22. The molecule has 0 aromatic carbocycles. The lowest BCUT2D eigenvalue weighted by molar-refractivity contribution is 0.0690. The molecular formula is C12H14N2O5S. The molecule has 108 valence electrons. The maximum Gasteiger partial charge on any atom is 0.354 e. The van der Waals surface area contributed by atoms with Crippen molar-refractivity contribution in [2.24, 2.45) is 0 Å². The fourth-order valence-corrected chi connectivity index (χ4v) is 3.71. The summed E-state index contributed by atoms with van der Waals surface area (Å²) < 4.78 is 23.0. The van der Waals surface area contributed by atoms with E-state index in [1.165, 1.54) is 18.2 Å². The van der Waals surface area contributed by atoms with E-state index in [0.717, 1.165) is 0 Å². The van der Waals surface area contributed by atoms with Gasteiger partial charge in [0, 0.05) is 6.04 Å². The average Bonchev–Trinajstić information content (AvgIpc) is 2.37. The first kappa shape index (κ1) is 14.4. The highest BCUT2D eigenvalue weighted by Gasteiger charge is 2.26. The Hall–Kier alpha value is -1.96. The topological polar surface area (TPSA) is 113 Å². The van der Waals surface area contributed by atoms with Gasteiger partial charge in [0.15, 0.2) is 9.84 Å². The first-order chi connectivity index (χ1) is 9.37. The number of aromatic carboxylic acids is 1. The maximum absolute atomic E-state index is 11.9. The molecule has 2 rings (SSSR count). The lowest BCUT2D eigenvalue weighted by Crippen LogP contribution is -2.43. The van der Waals surface area contributed by atoms with Gasteiger partial charge in [0.25, 0.3) is 5.91 Å². The molecule has 1 unspecified atom stereocenters. The highest BCUT2D eigenvalue weighted by Crippen LogP contribution is 2.12. The minimum atomic E-state index is -3.11. The van der Waals surface area contributed by atoms with Crippen LogP contribution in [-0.2, 0) is 9.84 Å². The summed E-state index contributed by atoms with van der Waals surface area (Å²) in [6.45, 7) is 0. The molecule has 20 heavy (non-hydrogen) atoms. The number of sulfone groups is 1. The van der Waals surface area contributed by atoms with E-state index >= 15 is 0 Å². The number of carboxylic acid groups (broad SMARTS) is 1. The Morgan fingerprint density at radius 3 is 2.65 bits per heavy atom. The summed E-state index contributed by atoms with van der Waals surface area (Å²) in [6, 6.07) is 3.64. The van der Waals surface area contributed by atoms with Crippen molar-refractivity contribution in [3.8, 4) is 0 Å². The number of pyridine rings is 1. The van der Waals surface area contributed by atoms with Crippen molar-refractivity contribution in [1.82, 2.24) is 10.3 Å². The van der Waals surface area contributed by atoms with Gasteiger partial charge in [0.1, 0.15) is 11.4 Å². The number of hydrogen-bond acceptors (Lipinski definition) is 5. The van der Waals surface area contributed by atoms with Gasteiger partial charge in [-0.05, 0) is 25.0 Å². The second kappa shape index (κ2) is 5.58. The third kappa shape index (κ3) is 3.53. The summed E-state index contributed by atoms with van der Waals surface area (Å²) in [5.41, 5.74) is -0.262. The molecular weight excluding hydrogens is 284 g/mol. The summed E-state index contributed by atoms with van der Waals surface area (Å²) in [5.74, 6) is -1.72. The van der Waals surface area contributed by atoms with E-state index in [4.69, 9.17) is 5.11 Å². The molecule has 1 aliphatic heterocycles. The zero-order valence-corrected chi connectivity index (χ0v) is 11.4. The summed E-state index contributed by atoms with van der Waals surface area (Å²) >= 11 is 0. The normalized spacial score (nSPS) is 21.1. The van der Waals surface area contributed by atoms with Crippen LogP contribution in [0.15, 0.2) is 18.2 Å². The minimum Gasteiger partial charge on any atom is -0.477 e. The Balaban J connectivity index is 2.08. The molecule has 0 bridgehead atoms. The number of aromatic nitrogens is 1. The summed E-state index contributed by atoms with van der Waals surface area (Å²) in [5, 5.41) is 11.4. The van der Waals surface area contributed by atoms with E-state index in [9.17, 15) is 18.0 Å². The predicted molar refractivity (Wildman–Crippen MR) is 70.3 cm³/mol. The van der Waals surface area contributed by atoms with Crippen LogP contribution in [0.4, 0.5) is 0 Å². The van der Waals surface area contributed by atoms with Crippen LogP contribution in [0.2, 0.25) is 0 Å². The van der Waals surface area contributed by atoms with Gasteiger partial charge in [-0.15, -0.1) is 0 Å². The van der Waals surface area contributed by atoms with Gasteiger partial charge in [0.05, 0.1) is 11.5 Å². The molecule has 1 fully saturated rings. The highest BCUT2D eigenvalue weighted by atomic mass is 32.2. The molecule has 0 aliphatic carbocycles. The van der Waals surface area contributed by atoms with Crippen molar-refractivity contribution in [3.63, 3.8) is 0 Å². The molecule has 8 heteroatoms. The summed E-state index contributed by atoms with van der Waals surface area (Å²) in [7, 11) is -3.11. The van der Waals surface area contributed by atoms with E-state index in [-0.39, 0.29) is 22.9 Å².